The molecule has 0 heterocycles. The van der Waals surface area contributed by atoms with Crippen LogP contribution in [0.3, 0.4) is 0 Å². The highest BCUT2D eigenvalue weighted by atomic mass is 127. The van der Waals surface area contributed by atoms with Crippen LogP contribution in [0.25, 0.3) is 0 Å². The van der Waals surface area contributed by atoms with Gasteiger partial charge in [0.1, 0.15) is 0 Å². The van der Waals surface area contributed by atoms with Crippen molar-refractivity contribution in [3.63, 3.8) is 0 Å². The number of hydrogen-bond donors (Lipinski definition) is 1. The minimum atomic E-state index is 0. The summed E-state index contributed by atoms with van der Waals surface area (Å²) in [5.41, 5.74) is 1.04. The van der Waals surface area contributed by atoms with Crippen LogP contribution in [0, 0.1) is 0 Å². The van der Waals surface area contributed by atoms with E-state index in [0.717, 1.165) is 30.9 Å². The minimum Gasteiger partial charge on any atom is -0.493 e. The van der Waals surface area contributed by atoms with Crippen LogP contribution >= 0.6 is 24.0 Å². The Morgan fingerprint density at radius 2 is 1.76 bits per heavy atom. The first kappa shape index (κ1) is 23.6. The Labute approximate surface area is 169 Å². The van der Waals surface area contributed by atoms with E-state index in [0.29, 0.717) is 30.4 Å². The highest BCUT2D eigenvalue weighted by molar-refractivity contribution is 14.0. The average molecular weight is 465 g/mol. The molecule has 0 aliphatic heterocycles. The third-order valence-corrected chi connectivity index (χ3v) is 3.68. The Hall–Kier alpha value is -1.38. The monoisotopic (exact) mass is 465 g/mol. The van der Waals surface area contributed by atoms with E-state index in [1.54, 1.807) is 21.3 Å². The number of rotatable bonds is 9. The molecule has 0 atom stereocenters. The Balaban J connectivity index is 0.00000576. The zero-order valence-corrected chi connectivity index (χ0v) is 18.5. The summed E-state index contributed by atoms with van der Waals surface area (Å²) in [6.07, 6.45) is 2.30. The van der Waals surface area contributed by atoms with Gasteiger partial charge < -0.3 is 24.4 Å². The van der Waals surface area contributed by atoms with Crippen molar-refractivity contribution >= 4 is 29.9 Å². The molecule has 0 fully saturated rings. The summed E-state index contributed by atoms with van der Waals surface area (Å²) in [5, 5.41) is 3.37. The van der Waals surface area contributed by atoms with Gasteiger partial charge in [0.2, 0.25) is 5.75 Å². The smallest absolute Gasteiger partial charge is 0.203 e. The number of nitrogens with one attached hydrogen (secondary N) is 1. The van der Waals surface area contributed by atoms with Gasteiger partial charge in [-0.05, 0) is 31.0 Å². The standard InChI is InChI=1S/C18H31N3O3.HI/c1-7-9-10-21(4)18(19-3)20-13-14-11-15(22-5)17(24-8-2)16(12-14)23-6;/h11-12H,7-10,13H2,1-6H3,(H,19,20);1H. The molecular weight excluding hydrogens is 433 g/mol. The summed E-state index contributed by atoms with van der Waals surface area (Å²) in [5.74, 6) is 2.84. The third kappa shape index (κ3) is 7.17. The number of guanidine groups is 1. The van der Waals surface area contributed by atoms with Crippen molar-refractivity contribution in [2.45, 2.75) is 33.2 Å². The van der Waals surface area contributed by atoms with E-state index < -0.39 is 0 Å². The summed E-state index contributed by atoms with van der Waals surface area (Å²) in [7, 11) is 7.10. The van der Waals surface area contributed by atoms with Crippen LogP contribution in [-0.4, -0.2) is 52.3 Å². The average Bonchev–Trinajstić information content (AvgIpc) is 2.61. The zero-order chi connectivity index (χ0) is 17.9. The first-order chi connectivity index (χ1) is 11.6. The second kappa shape index (κ2) is 12.9. The molecule has 1 aromatic rings. The Morgan fingerprint density at radius 3 is 2.20 bits per heavy atom. The first-order valence-corrected chi connectivity index (χ1v) is 8.40. The fourth-order valence-corrected chi connectivity index (χ4v) is 2.39. The second-order valence-electron chi connectivity index (χ2n) is 5.44. The molecule has 0 spiro atoms. The van der Waals surface area contributed by atoms with Gasteiger partial charge in [0.25, 0.3) is 0 Å². The maximum atomic E-state index is 5.63. The Morgan fingerprint density at radius 1 is 1.16 bits per heavy atom. The first-order valence-electron chi connectivity index (χ1n) is 8.40. The Bertz CT molecular complexity index is 513. The summed E-state index contributed by atoms with van der Waals surface area (Å²) >= 11 is 0. The van der Waals surface area contributed by atoms with Crippen molar-refractivity contribution in [1.29, 1.82) is 0 Å². The van der Waals surface area contributed by atoms with Crippen LogP contribution < -0.4 is 19.5 Å². The van der Waals surface area contributed by atoms with Crippen molar-refractivity contribution in [1.82, 2.24) is 10.2 Å². The quantitative estimate of drug-likeness (QED) is 0.344. The number of aliphatic imine (C=N–C) groups is 1. The van der Waals surface area contributed by atoms with Crippen LogP contribution in [0.4, 0.5) is 0 Å². The van der Waals surface area contributed by atoms with Crippen LogP contribution in [0.2, 0.25) is 0 Å². The molecule has 0 amide bonds. The number of nitrogens with zero attached hydrogens (tertiary/aromatic N) is 2. The molecular formula is C18H32IN3O3. The molecule has 0 aliphatic carbocycles. The van der Waals surface area contributed by atoms with E-state index in [2.05, 4.69) is 22.1 Å². The number of hydrogen-bond acceptors (Lipinski definition) is 4. The van der Waals surface area contributed by atoms with Gasteiger partial charge in [0.05, 0.1) is 20.8 Å². The van der Waals surface area contributed by atoms with Gasteiger partial charge >= 0.3 is 0 Å². The molecule has 0 radical (unpaired) electrons. The summed E-state index contributed by atoms with van der Waals surface area (Å²) in [6, 6.07) is 3.92. The van der Waals surface area contributed by atoms with Crippen LogP contribution in [0.1, 0.15) is 32.3 Å². The van der Waals surface area contributed by atoms with Gasteiger partial charge in [-0.15, -0.1) is 24.0 Å². The topological polar surface area (TPSA) is 55.3 Å². The highest BCUT2D eigenvalue weighted by Crippen LogP contribution is 2.38. The molecule has 25 heavy (non-hydrogen) atoms. The van der Waals surface area contributed by atoms with Gasteiger partial charge in [-0.25, -0.2) is 0 Å². The Kier molecular flexibility index (Phi) is 12.2. The van der Waals surface area contributed by atoms with Crippen molar-refractivity contribution < 1.29 is 14.2 Å². The van der Waals surface area contributed by atoms with Crippen molar-refractivity contribution in [3.05, 3.63) is 17.7 Å². The fourth-order valence-electron chi connectivity index (χ4n) is 2.39. The van der Waals surface area contributed by atoms with Crippen molar-refractivity contribution in [2.75, 3.05) is 41.5 Å². The lowest BCUT2D eigenvalue weighted by atomic mass is 10.1. The van der Waals surface area contributed by atoms with Crippen LogP contribution in [-0.2, 0) is 6.54 Å². The molecule has 1 aromatic carbocycles. The third-order valence-electron chi connectivity index (χ3n) is 3.68. The number of ether oxygens (including phenoxy) is 3. The largest absolute Gasteiger partial charge is 0.493 e. The lowest BCUT2D eigenvalue weighted by Gasteiger charge is -2.22. The van der Waals surface area contributed by atoms with Gasteiger partial charge in [0.15, 0.2) is 17.5 Å². The predicted molar refractivity (Wildman–Crippen MR) is 114 cm³/mol. The summed E-state index contributed by atoms with van der Waals surface area (Å²) < 4.78 is 16.5. The lowest BCUT2D eigenvalue weighted by molar-refractivity contribution is 0.288. The van der Waals surface area contributed by atoms with Crippen LogP contribution in [0.15, 0.2) is 17.1 Å². The number of halogens is 1. The SMILES string of the molecule is CCCCN(C)C(=NC)NCc1cc(OC)c(OCC)c(OC)c1.I. The van der Waals surface area contributed by atoms with Crippen LogP contribution in [0.5, 0.6) is 17.2 Å². The molecule has 0 saturated heterocycles. The molecule has 0 saturated carbocycles. The maximum absolute atomic E-state index is 5.63. The van der Waals surface area contributed by atoms with E-state index in [1.807, 2.05) is 26.1 Å². The van der Waals surface area contributed by atoms with E-state index in [9.17, 15) is 0 Å². The van der Waals surface area contributed by atoms with Gasteiger partial charge in [-0.2, -0.15) is 0 Å². The number of unbranched alkanes of at least 4 members (excludes halogenated alkanes) is 1. The summed E-state index contributed by atoms with van der Waals surface area (Å²) in [4.78, 5) is 6.46. The van der Waals surface area contributed by atoms with E-state index in [-0.39, 0.29) is 24.0 Å². The molecule has 1 rings (SSSR count). The summed E-state index contributed by atoms with van der Waals surface area (Å²) in [6.45, 7) is 6.28. The van der Waals surface area contributed by atoms with E-state index in [4.69, 9.17) is 14.2 Å². The molecule has 0 bridgehead atoms. The van der Waals surface area contributed by atoms with Crippen molar-refractivity contribution in [2.24, 2.45) is 4.99 Å². The van der Waals surface area contributed by atoms with E-state index >= 15 is 0 Å². The van der Waals surface area contributed by atoms with Crippen molar-refractivity contribution in [3.8, 4) is 17.2 Å². The number of benzene rings is 1. The normalized spacial score (nSPS) is 10.7. The molecule has 7 heteroatoms. The zero-order valence-electron chi connectivity index (χ0n) is 16.2. The van der Waals surface area contributed by atoms with Gasteiger partial charge in [0, 0.05) is 27.2 Å². The molecule has 1 N–H and O–H groups in total. The second-order valence-corrected chi connectivity index (χ2v) is 5.44. The number of methoxy groups -OCH3 is 2. The fraction of sp³-hybridized carbons (Fsp3) is 0.611. The molecule has 144 valence electrons. The molecule has 0 unspecified atom stereocenters. The lowest BCUT2D eigenvalue weighted by Crippen LogP contribution is -2.38. The molecule has 0 aromatic heterocycles. The highest BCUT2D eigenvalue weighted by Gasteiger charge is 2.14. The predicted octanol–water partition coefficient (Wildman–Crippen LogP) is 3.53. The maximum Gasteiger partial charge on any atom is 0.203 e. The minimum absolute atomic E-state index is 0. The van der Waals surface area contributed by atoms with Gasteiger partial charge in [-0.3, -0.25) is 4.99 Å². The molecule has 0 aliphatic rings. The van der Waals surface area contributed by atoms with Gasteiger partial charge in [-0.1, -0.05) is 13.3 Å². The van der Waals surface area contributed by atoms with E-state index in [1.165, 1.54) is 0 Å². The molecule has 6 nitrogen and oxygen atoms in total.